The summed E-state index contributed by atoms with van der Waals surface area (Å²) in [5, 5.41) is 16.0. The lowest BCUT2D eigenvalue weighted by Gasteiger charge is -2.48. The van der Waals surface area contributed by atoms with Gasteiger partial charge in [-0.15, -0.1) is 13.2 Å². The van der Waals surface area contributed by atoms with Crippen LogP contribution in [0.3, 0.4) is 0 Å². The van der Waals surface area contributed by atoms with Crippen LogP contribution in [-0.2, 0) is 17.3 Å². The summed E-state index contributed by atoms with van der Waals surface area (Å²) in [6.45, 7) is 17.3. The van der Waals surface area contributed by atoms with Crippen molar-refractivity contribution in [3.63, 3.8) is 0 Å². The highest BCUT2D eigenvalue weighted by Crippen LogP contribution is 2.50. The topological polar surface area (TPSA) is 24.1 Å². The van der Waals surface area contributed by atoms with Gasteiger partial charge in [-0.1, -0.05) is 218 Å². The molecule has 0 unspecified atom stereocenters. The van der Waals surface area contributed by atoms with Crippen LogP contribution >= 0.6 is 0 Å². The largest absolute Gasteiger partial charge is 0.317 e. The van der Waals surface area contributed by atoms with Crippen LogP contribution < -0.4 is 43.4 Å². The number of hydrogen-bond donors (Lipinski definition) is 2. The van der Waals surface area contributed by atoms with Crippen LogP contribution in [0.2, 0.25) is 0 Å². The lowest BCUT2D eigenvalue weighted by Crippen LogP contribution is -2.64. The van der Waals surface area contributed by atoms with Gasteiger partial charge < -0.3 is 10.6 Å². The van der Waals surface area contributed by atoms with Gasteiger partial charge in [-0.3, -0.25) is 0 Å². The zero-order valence-electron chi connectivity index (χ0n) is 41.0. The lowest BCUT2D eigenvalue weighted by atomic mass is 9.28. The first-order chi connectivity index (χ1) is 34.1. The zero-order chi connectivity index (χ0) is 46.9. The summed E-state index contributed by atoms with van der Waals surface area (Å²) in [5.74, 6) is 0. The van der Waals surface area contributed by atoms with E-state index >= 15 is 0 Å². The van der Waals surface area contributed by atoms with Crippen molar-refractivity contribution in [3.8, 4) is 22.3 Å². The molecule has 2 nitrogen and oxygen atoms in total. The minimum absolute atomic E-state index is 0.0640. The van der Waals surface area contributed by atoms with E-state index in [2.05, 4.69) is 196 Å². The molecule has 0 aromatic heterocycles. The van der Waals surface area contributed by atoms with Gasteiger partial charge in [-0.2, -0.15) is 0 Å². The second-order valence-electron chi connectivity index (χ2n) is 20.6. The summed E-state index contributed by atoms with van der Waals surface area (Å²) in [6, 6.07) is 59.4. The van der Waals surface area contributed by atoms with E-state index in [0.717, 1.165) is 51.9 Å². The molecular weight excluding hydrogens is 830 g/mol. The first-order valence-corrected chi connectivity index (χ1v) is 26.3. The molecule has 2 spiro atoms. The number of fused-ring (bicyclic) bond motifs is 12. The van der Waals surface area contributed by atoms with Crippen molar-refractivity contribution < 1.29 is 0 Å². The maximum Gasteiger partial charge on any atom is 0.243 e. The smallest absolute Gasteiger partial charge is 0.243 e. The van der Waals surface area contributed by atoms with Crippen LogP contribution in [0.15, 0.2) is 165 Å². The minimum atomic E-state index is 0.0640. The fraction of sp³-hybridized carbons (Fsp3) is 0.262. The number of benzene rings is 9. The summed E-state index contributed by atoms with van der Waals surface area (Å²) in [4.78, 5) is 0. The molecular formula is C65H64B2N2. The quantitative estimate of drug-likeness (QED) is 0.105. The van der Waals surface area contributed by atoms with Gasteiger partial charge in [0.05, 0.1) is 0 Å². The van der Waals surface area contributed by atoms with Crippen molar-refractivity contribution in [2.75, 3.05) is 26.2 Å². The van der Waals surface area contributed by atoms with E-state index in [0.29, 0.717) is 0 Å². The summed E-state index contributed by atoms with van der Waals surface area (Å²) >= 11 is 0. The van der Waals surface area contributed by atoms with Gasteiger partial charge in [-0.25, -0.2) is 0 Å². The van der Waals surface area contributed by atoms with Gasteiger partial charge in [0.25, 0.3) is 0 Å². The fourth-order valence-electron chi connectivity index (χ4n) is 14.4. The number of aryl methyl sites for hydroxylation is 1. The van der Waals surface area contributed by atoms with E-state index in [1.165, 1.54) is 108 Å². The maximum absolute atomic E-state index is 3.69. The Morgan fingerprint density at radius 3 is 1.45 bits per heavy atom. The summed E-state index contributed by atoms with van der Waals surface area (Å²) in [5.41, 5.74) is 22.8. The molecule has 0 atom stereocenters. The minimum Gasteiger partial charge on any atom is -0.317 e. The molecule has 15 rings (SSSR count). The van der Waals surface area contributed by atoms with Gasteiger partial charge in [0.2, 0.25) is 13.4 Å². The van der Waals surface area contributed by atoms with Gasteiger partial charge in [0.1, 0.15) is 0 Å². The predicted octanol–water partition coefficient (Wildman–Crippen LogP) is 10.8. The van der Waals surface area contributed by atoms with Crippen molar-refractivity contribution in [1.82, 2.24) is 10.6 Å². The highest BCUT2D eigenvalue weighted by atomic mass is 14.9. The summed E-state index contributed by atoms with van der Waals surface area (Å²) in [6.07, 6.45) is 9.69. The number of nitrogens with one attached hydrogen (secondary N) is 2. The van der Waals surface area contributed by atoms with Crippen molar-refractivity contribution in [1.29, 1.82) is 0 Å². The van der Waals surface area contributed by atoms with E-state index < -0.39 is 0 Å². The summed E-state index contributed by atoms with van der Waals surface area (Å²) < 4.78 is 0. The van der Waals surface area contributed by atoms with Crippen LogP contribution in [0, 0.1) is 0 Å². The van der Waals surface area contributed by atoms with Crippen molar-refractivity contribution in [3.05, 3.63) is 193 Å². The Kier molecular flexibility index (Phi) is 11.3. The standard InChI is InChI=1S/C50H38B2N2.C9H12.C4H10.C2H4/c1-3-13-39-35(9-1)49(19-23-53-24-20-49)38-12-6-8-33-34-27-29-15-17-31-32-7-5-11-37-47(32)52(40-14-4-2-10-36(40)50(37)21-25-54-26-22-50)42-28-30-16-18-41(51(39)48(33)38)46(34)44(30)43(29)45(31)42;1-2-6-9-7-4-3-5-8-9;1-3-4-2;1-2/h1-18,27-28,53-54H,19-26H2;3-5,7-8H,2,6H2,1H3;3-4H2,1-2H3;1-2H2. The monoisotopic (exact) mass is 895 g/mol. The lowest BCUT2D eigenvalue weighted by molar-refractivity contribution is 0.364. The second-order valence-corrected chi connectivity index (χ2v) is 20.6. The highest BCUT2D eigenvalue weighted by Gasteiger charge is 2.51. The molecule has 0 bridgehead atoms. The molecule has 9 aromatic carbocycles. The first kappa shape index (κ1) is 44.0. The number of rotatable bonds is 3. The highest BCUT2D eigenvalue weighted by molar-refractivity contribution is 7.01. The second kappa shape index (κ2) is 17.6. The molecule has 2 N–H and O–H groups in total. The van der Waals surface area contributed by atoms with E-state index in [4.69, 9.17) is 0 Å². The Balaban J connectivity index is 0.000000288. The van der Waals surface area contributed by atoms with Crippen LogP contribution in [0.5, 0.6) is 0 Å². The van der Waals surface area contributed by atoms with Gasteiger partial charge in [0, 0.05) is 10.8 Å². The Hall–Kier alpha value is -6.19. The Morgan fingerprint density at radius 2 is 0.884 bits per heavy atom. The average molecular weight is 895 g/mol. The van der Waals surface area contributed by atoms with E-state index in [9.17, 15) is 0 Å². The van der Waals surface area contributed by atoms with Crippen molar-refractivity contribution in [2.45, 2.75) is 83.0 Å². The fourth-order valence-corrected chi connectivity index (χ4v) is 14.4. The Labute approximate surface area is 411 Å². The third-order valence-corrected chi connectivity index (χ3v) is 17.3. The van der Waals surface area contributed by atoms with Gasteiger partial charge in [-0.05, 0) is 147 Å². The Bertz CT molecular complexity index is 3390. The molecule has 0 radical (unpaired) electrons. The number of piperidine rings is 2. The number of unbranched alkanes of at least 4 members (excludes halogenated alkanes) is 1. The van der Waals surface area contributed by atoms with E-state index in [-0.39, 0.29) is 24.3 Å². The summed E-state index contributed by atoms with van der Waals surface area (Å²) in [7, 11) is 0. The first-order valence-electron chi connectivity index (χ1n) is 26.3. The molecule has 2 fully saturated rings. The molecule has 4 heteroatoms. The molecule has 0 saturated carbocycles. The average Bonchev–Trinajstić information content (AvgIpc) is 3.42. The molecule has 0 aliphatic carbocycles. The Morgan fingerprint density at radius 1 is 0.406 bits per heavy atom. The van der Waals surface area contributed by atoms with Crippen LogP contribution in [-0.4, -0.2) is 39.6 Å². The molecule has 0 amide bonds. The molecule has 9 aromatic rings. The van der Waals surface area contributed by atoms with Gasteiger partial charge >= 0.3 is 0 Å². The maximum atomic E-state index is 3.69. The molecule has 6 aliphatic heterocycles. The molecule has 6 heterocycles. The number of hydrogen-bond acceptors (Lipinski definition) is 2. The van der Waals surface area contributed by atoms with E-state index in [1.807, 2.05) is 0 Å². The van der Waals surface area contributed by atoms with Crippen molar-refractivity contribution in [2.24, 2.45) is 0 Å². The third kappa shape index (κ3) is 6.40. The normalized spacial score (nSPS) is 16.6. The molecule has 69 heavy (non-hydrogen) atoms. The predicted molar refractivity (Wildman–Crippen MR) is 301 cm³/mol. The van der Waals surface area contributed by atoms with Crippen LogP contribution in [0.4, 0.5) is 0 Å². The molecule has 6 aliphatic rings. The zero-order valence-corrected chi connectivity index (χ0v) is 41.0. The molecule has 340 valence electrons. The SMILES string of the molecule is C=C.CCCC.CCCc1ccccc1.c1ccc2c(c1)B1c3c(cccc3C23CCNCC3)-c2cc3ccc4c5c(cc6ccc1c2c6c35)B1c2ccccc2C2(CCNCC2)c2cccc-4c21. The van der Waals surface area contributed by atoms with Crippen LogP contribution in [0.25, 0.3) is 54.6 Å². The molecule has 2 saturated heterocycles. The van der Waals surface area contributed by atoms with Crippen LogP contribution in [0.1, 0.15) is 93.5 Å². The van der Waals surface area contributed by atoms with Crippen molar-refractivity contribution >= 4 is 78.5 Å². The van der Waals surface area contributed by atoms with E-state index in [1.54, 1.807) is 33.2 Å². The van der Waals surface area contributed by atoms with Gasteiger partial charge in [0.15, 0.2) is 0 Å². The third-order valence-electron chi connectivity index (χ3n) is 17.3.